The SMILES string of the molecule is Cc1ccc(CN(C)Cc2ccc(C(N)=S)cc2Cl)cc1. The molecule has 0 atom stereocenters. The molecule has 0 aliphatic carbocycles. The maximum atomic E-state index is 6.30. The lowest BCUT2D eigenvalue weighted by molar-refractivity contribution is 0.319. The third-order valence-electron chi connectivity index (χ3n) is 3.35. The summed E-state index contributed by atoms with van der Waals surface area (Å²) in [5, 5.41) is 0.705. The van der Waals surface area contributed by atoms with E-state index in [1.807, 2.05) is 18.2 Å². The third-order valence-corrected chi connectivity index (χ3v) is 3.94. The number of rotatable bonds is 5. The quantitative estimate of drug-likeness (QED) is 0.847. The van der Waals surface area contributed by atoms with Crippen LogP contribution in [0.3, 0.4) is 0 Å². The Bertz CT molecular complexity index is 638. The Morgan fingerprint density at radius 1 is 1.14 bits per heavy atom. The predicted molar refractivity (Wildman–Crippen MR) is 93.7 cm³/mol. The average Bonchev–Trinajstić information content (AvgIpc) is 2.43. The first-order chi connectivity index (χ1) is 9.95. The Labute approximate surface area is 136 Å². The molecule has 0 aromatic heterocycles. The molecule has 0 radical (unpaired) electrons. The lowest BCUT2D eigenvalue weighted by Gasteiger charge is -2.18. The van der Waals surface area contributed by atoms with E-state index in [0.717, 1.165) is 24.2 Å². The largest absolute Gasteiger partial charge is 0.389 e. The molecule has 0 fully saturated rings. The Morgan fingerprint density at radius 2 is 1.81 bits per heavy atom. The second-order valence-corrected chi connectivity index (χ2v) is 6.18. The Balaban J connectivity index is 2.04. The number of aryl methyl sites for hydroxylation is 1. The lowest BCUT2D eigenvalue weighted by atomic mass is 10.1. The fraction of sp³-hybridized carbons (Fsp3) is 0.235. The number of thiocarbonyl (C=S) groups is 1. The van der Waals surface area contributed by atoms with Crippen LogP contribution in [-0.4, -0.2) is 16.9 Å². The number of hydrogen-bond acceptors (Lipinski definition) is 2. The van der Waals surface area contributed by atoms with Crippen molar-refractivity contribution >= 4 is 28.8 Å². The van der Waals surface area contributed by atoms with Crippen molar-refractivity contribution in [3.8, 4) is 0 Å². The highest BCUT2D eigenvalue weighted by molar-refractivity contribution is 7.80. The van der Waals surface area contributed by atoms with E-state index < -0.39 is 0 Å². The van der Waals surface area contributed by atoms with Crippen LogP contribution in [0.15, 0.2) is 42.5 Å². The maximum absolute atomic E-state index is 6.30. The molecule has 2 aromatic rings. The Morgan fingerprint density at radius 3 is 2.38 bits per heavy atom. The van der Waals surface area contributed by atoms with Gasteiger partial charge < -0.3 is 5.73 Å². The van der Waals surface area contributed by atoms with Crippen LogP contribution < -0.4 is 5.73 Å². The first kappa shape index (κ1) is 16.0. The highest BCUT2D eigenvalue weighted by Gasteiger charge is 2.07. The molecule has 0 aliphatic heterocycles. The van der Waals surface area contributed by atoms with Crippen LogP contribution in [0.4, 0.5) is 0 Å². The van der Waals surface area contributed by atoms with Gasteiger partial charge in [0.1, 0.15) is 4.99 Å². The van der Waals surface area contributed by atoms with Gasteiger partial charge in [0, 0.05) is 23.7 Å². The molecule has 0 bridgehead atoms. The summed E-state index contributed by atoms with van der Waals surface area (Å²) in [6.07, 6.45) is 0. The first-order valence-electron chi connectivity index (χ1n) is 6.78. The molecule has 110 valence electrons. The van der Waals surface area contributed by atoms with Gasteiger partial charge in [0.2, 0.25) is 0 Å². The van der Waals surface area contributed by atoms with Crippen molar-refractivity contribution in [2.45, 2.75) is 20.0 Å². The minimum Gasteiger partial charge on any atom is -0.389 e. The van der Waals surface area contributed by atoms with Gasteiger partial charge in [-0.1, -0.05) is 65.8 Å². The van der Waals surface area contributed by atoms with E-state index in [1.165, 1.54) is 11.1 Å². The maximum Gasteiger partial charge on any atom is 0.104 e. The molecule has 0 amide bonds. The van der Waals surface area contributed by atoms with Crippen LogP contribution in [0.2, 0.25) is 5.02 Å². The molecule has 0 heterocycles. The first-order valence-corrected chi connectivity index (χ1v) is 7.56. The summed E-state index contributed by atoms with van der Waals surface area (Å²) in [7, 11) is 2.08. The van der Waals surface area contributed by atoms with Crippen molar-refractivity contribution in [2.75, 3.05) is 7.05 Å². The van der Waals surface area contributed by atoms with E-state index in [9.17, 15) is 0 Å². The molecule has 0 spiro atoms. The summed E-state index contributed by atoms with van der Waals surface area (Å²) >= 11 is 11.3. The minimum atomic E-state index is 0.372. The van der Waals surface area contributed by atoms with E-state index in [2.05, 4.69) is 43.1 Å². The summed E-state index contributed by atoms with van der Waals surface area (Å²) in [5.41, 5.74) is 10.1. The molecule has 4 heteroatoms. The van der Waals surface area contributed by atoms with Gasteiger partial charge >= 0.3 is 0 Å². The van der Waals surface area contributed by atoms with Crippen molar-refractivity contribution in [1.29, 1.82) is 0 Å². The van der Waals surface area contributed by atoms with Gasteiger partial charge in [-0.25, -0.2) is 0 Å². The van der Waals surface area contributed by atoms with Gasteiger partial charge in [-0.3, -0.25) is 4.90 Å². The molecule has 2 aromatic carbocycles. The Kier molecular flexibility index (Phi) is 5.34. The molecule has 0 aliphatic rings. The highest BCUT2D eigenvalue weighted by Crippen LogP contribution is 2.20. The summed E-state index contributed by atoms with van der Waals surface area (Å²) in [6.45, 7) is 3.76. The van der Waals surface area contributed by atoms with E-state index in [1.54, 1.807) is 0 Å². The number of nitrogens with zero attached hydrogens (tertiary/aromatic N) is 1. The number of nitrogens with two attached hydrogens (primary N) is 1. The topological polar surface area (TPSA) is 29.3 Å². The monoisotopic (exact) mass is 318 g/mol. The van der Waals surface area contributed by atoms with Crippen molar-refractivity contribution in [3.05, 3.63) is 69.7 Å². The average molecular weight is 319 g/mol. The molecule has 0 unspecified atom stereocenters. The van der Waals surface area contributed by atoms with Crippen LogP contribution >= 0.6 is 23.8 Å². The Hall–Kier alpha value is -1.42. The van der Waals surface area contributed by atoms with Crippen molar-refractivity contribution in [3.63, 3.8) is 0 Å². The zero-order chi connectivity index (χ0) is 15.4. The molecule has 2 N–H and O–H groups in total. The van der Waals surface area contributed by atoms with E-state index >= 15 is 0 Å². The highest BCUT2D eigenvalue weighted by atomic mass is 35.5. The third kappa shape index (κ3) is 4.53. The molecular formula is C17H19ClN2S. The van der Waals surface area contributed by atoms with Gasteiger partial charge in [-0.2, -0.15) is 0 Å². The fourth-order valence-electron chi connectivity index (χ4n) is 2.18. The van der Waals surface area contributed by atoms with Gasteiger partial charge in [0.25, 0.3) is 0 Å². The number of hydrogen-bond donors (Lipinski definition) is 1. The zero-order valence-corrected chi connectivity index (χ0v) is 13.8. The van der Waals surface area contributed by atoms with Crippen molar-refractivity contribution in [2.24, 2.45) is 5.73 Å². The zero-order valence-electron chi connectivity index (χ0n) is 12.3. The second kappa shape index (κ2) is 7.03. The smallest absolute Gasteiger partial charge is 0.104 e. The number of benzene rings is 2. The molecule has 0 saturated heterocycles. The lowest BCUT2D eigenvalue weighted by Crippen LogP contribution is -2.18. The van der Waals surface area contributed by atoms with Crippen LogP contribution in [0, 0.1) is 6.92 Å². The van der Waals surface area contributed by atoms with Gasteiger partial charge in [-0.15, -0.1) is 0 Å². The summed E-state index contributed by atoms with van der Waals surface area (Å²) in [5.74, 6) is 0. The normalized spacial score (nSPS) is 10.9. The standard InChI is InChI=1S/C17H19ClN2S/c1-12-3-5-13(6-4-12)10-20(2)11-15-8-7-14(17(19)21)9-16(15)18/h3-9H,10-11H2,1-2H3,(H2,19,21). The van der Waals surface area contributed by atoms with E-state index in [0.29, 0.717) is 10.0 Å². The van der Waals surface area contributed by atoms with Gasteiger partial charge in [0.15, 0.2) is 0 Å². The molecule has 0 saturated carbocycles. The van der Waals surface area contributed by atoms with Crippen LogP contribution in [0.5, 0.6) is 0 Å². The van der Waals surface area contributed by atoms with Crippen LogP contribution in [0.25, 0.3) is 0 Å². The van der Waals surface area contributed by atoms with E-state index in [4.69, 9.17) is 29.6 Å². The fourth-order valence-corrected chi connectivity index (χ4v) is 2.55. The number of halogens is 1. The molecule has 21 heavy (non-hydrogen) atoms. The van der Waals surface area contributed by atoms with Gasteiger partial charge in [0.05, 0.1) is 0 Å². The van der Waals surface area contributed by atoms with E-state index in [-0.39, 0.29) is 0 Å². The van der Waals surface area contributed by atoms with Crippen LogP contribution in [0.1, 0.15) is 22.3 Å². The summed E-state index contributed by atoms with van der Waals surface area (Å²) in [4.78, 5) is 2.60. The summed E-state index contributed by atoms with van der Waals surface area (Å²) < 4.78 is 0. The molecule has 2 nitrogen and oxygen atoms in total. The van der Waals surface area contributed by atoms with Crippen molar-refractivity contribution < 1.29 is 0 Å². The molecular weight excluding hydrogens is 300 g/mol. The summed E-state index contributed by atoms with van der Waals surface area (Å²) in [6, 6.07) is 14.3. The second-order valence-electron chi connectivity index (χ2n) is 5.33. The minimum absolute atomic E-state index is 0.372. The van der Waals surface area contributed by atoms with Gasteiger partial charge in [-0.05, 0) is 31.2 Å². The molecule has 2 rings (SSSR count). The van der Waals surface area contributed by atoms with Crippen molar-refractivity contribution in [1.82, 2.24) is 4.90 Å². The van der Waals surface area contributed by atoms with Crippen LogP contribution in [-0.2, 0) is 13.1 Å². The predicted octanol–water partition coefficient (Wildman–Crippen LogP) is 3.91.